The fourth-order valence-corrected chi connectivity index (χ4v) is 2.28. The Morgan fingerprint density at radius 3 is 2.83 bits per heavy atom. The molecule has 126 valence electrons. The van der Waals surface area contributed by atoms with Crippen LogP contribution in [0.2, 0.25) is 0 Å². The Kier molecular flexibility index (Phi) is 4.32. The number of esters is 1. The number of fused-ring (bicyclic) bond motifs is 1. The highest BCUT2D eigenvalue weighted by molar-refractivity contribution is 5.99. The molecule has 0 aliphatic carbocycles. The third kappa shape index (κ3) is 3.29. The summed E-state index contributed by atoms with van der Waals surface area (Å²) in [5.74, 6) is -1.48. The van der Waals surface area contributed by atoms with Gasteiger partial charge in [-0.1, -0.05) is 12.1 Å². The second kappa shape index (κ2) is 6.57. The summed E-state index contributed by atoms with van der Waals surface area (Å²) in [5.41, 5.74) is 0.523. The smallest absolute Gasteiger partial charge is 0.416 e. The number of benzene rings is 1. The van der Waals surface area contributed by atoms with Crippen LogP contribution in [0.15, 0.2) is 24.3 Å². The number of nitrogens with zero attached hydrogens (tertiary/aromatic N) is 1. The highest BCUT2D eigenvalue weighted by Gasteiger charge is 2.32. The van der Waals surface area contributed by atoms with E-state index in [1.165, 1.54) is 0 Å². The quantitative estimate of drug-likeness (QED) is 0.788. The number of carbonyl (C=O) groups is 4. The Bertz CT molecular complexity index is 703. The molecule has 0 aromatic heterocycles. The zero-order valence-electron chi connectivity index (χ0n) is 12.5. The molecule has 9 heteroatoms. The number of rotatable bonds is 4. The number of imide groups is 1. The SMILES string of the molecule is O=C(C[C@H]1Oc2ccccc2NC1=O)OCC(=O)N1CCOC1=O. The van der Waals surface area contributed by atoms with E-state index in [4.69, 9.17) is 9.47 Å². The number of hydrogen-bond acceptors (Lipinski definition) is 7. The number of amides is 3. The summed E-state index contributed by atoms with van der Waals surface area (Å²) in [6, 6.07) is 6.82. The van der Waals surface area contributed by atoms with Crippen molar-refractivity contribution in [3.63, 3.8) is 0 Å². The molecule has 0 spiro atoms. The van der Waals surface area contributed by atoms with Crippen LogP contribution in [0.1, 0.15) is 6.42 Å². The molecule has 0 saturated carbocycles. The van der Waals surface area contributed by atoms with Crippen LogP contribution < -0.4 is 10.1 Å². The lowest BCUT2D eigenvalue weighted by atomic mass is 10.1. The number of anilines is 1. The topological polar surface area (TPSA) is 111 Å². The average molecular weight is 334 g/mol. The first-order valence-electron chi connectivity index (χ1n) is 7.24. The summed E-state index contributed by atoms with van der Waals surface area (Å²) in [4.78, 5) is 47.5. The van der Waals surface area contributed by atoms with Crippen molar-refractivity contribution < 1.29 is 33.4 Å². The van der Waals surface area contributed by atoms with E-state index in [2.05, 4.69) is 10.1 Å². The van der Waals surface area contributed by atoms with Crippen LogP contribution in [0.4, 0.5) is 10.5 Å². The normalized spacial score (nSPS) is 19.0. The Labute approximate surface area is 136 Å². The zero-order valence-corrected chi connectivity index (χ0v) is 12.5. The predicted octanol–water partition coefficient (Wildman–Crippen LogP) is 0.298. The molecule has 1 aromatic rings. The van der Waals surface area contributed by atoms with Crippen LogP contribution in [0.5, 0.6) is 5.75 Å². The third-order valence-electron chi connectivity index (χ3n) is 3.48. The zero-order chi connectivity index (χ0) is 17.1. The molecule has 1 N–H and O–H groups in total. The number of para-hydroxylation sites is 2. The number of cyclic esters (lactones) is 1. The Morgan fingerprint density at radius 2 is 2.08 bits per heavy atom. The predicted molar refractivity (Wildman–Crippen MR) is 78.1 cm³/mol. The van der Waals surface area contributed by atoms with Crippen LogP contribution in [-0.4, -0.2) is 54.6 Å². The van der Waals surface area contributed by atoms with Crippen molar-refractivity contribution in [3.05, 3.63) is 24.3 Å². The average Bonchev–Trinajstić information content (AvgIpc) is 2.99. The molecule has 3 rings (SSSR count). The van der Waals surface area contributed by atoms with Crippen molar-refractivity contribution in [2.24, 2.45) is 0 Å². The van der Waals surface area contributed by atoms with Gasteiger partial charge in [0.25, 0.3) is 11.8 Å². The summed E-state index contributed by atoms with van der Waals surface area (Å²) >= 11 is 0. The van der Waals surface area contributed by atoms with Gasteiger partial charge < -0.3 is 19.5 Å². The standard InChI is InChI=1S/C15H14N2O7/c18-12(17-5-6-22-15(17)21)8-23-13(19)7-11-14(20)16-9-3-1-2-4-10(9)24-11/h1-4,11H,5-8H2,(H,16,20)/t11-/m1/s1. The molecule has 2 aliphatic rings. The molecule has 1 fully saturated rings. The fourth-order valence-electron chi connectivity index (χ4n) is 2.28. The maximum atomic E-state index is 11.9. The maximum absolute atomic E-state index is 11.9. The summed E-state index contributed by atoms with van der Waals surface area (Å²) in [7, 11) is 0. The molecule has 1 saturated heterocycles. The largest absolute Gasteiger partial charge is 0.478 e. The monoisotopic (exact) mass is 334 g/mol. The molecular formula is C15H14N2O7. The fraction of sp³-hybridized carbons (Fsp3) is 0.333. The maximum Gasteiger partial charge on any atom is 0.416 e. The lowest BCUT2D eigenvalue weighted by Crippen LogP contribution is -2.40. The van der Waals surface area contributed by atoms with Crippen molar-refractivity contribution >= 4 is 29.6 Å². The first kappa shape index (κ1) is 15.8. The number of hydrogen-bond donors (Lipinski definition) is 1. The molecule has 1 aromatic carbocycles. The first-order valence-corrected chi connectivity index (χ1v) is 7.24. The van der Waals surface area contributed by atoms with Gasteiger partial charge in [0, 0.05) is 0 Å². The van der Waals surface area contributed by atoms with E-state index in [1.54, 1.807) is 24.3 Å². The highest BCUT2D eigenvalue weighted by atomic mass is 16.6. The lowest BCUT2D eigenvalue weighted by molar-refractivity contribution is -0.153. The van der Waals surface area contributed by atoms with E-state index in [9.17, 15) is 19.2 Å². The van der Waals surface area contributed by atoms with Gasteiger partial charge in [0.1, 0.15) is 12.4 Å². The molecule has 2 aliphatic heterocycles. The number of carbonyl (C=O) groups excluding carboxylic acids is 4. The van der Waals surface area contributed by atoms with Crippen LogP contribution in [-0.2, 0) is 23.9 Å². The Morgan fingerprint density at radius 1 is 1.29 bits per heavy atom. The van der Waals surface area contributed by atoms with Crippen molar-refractivity contribution in [3.8, 4) is 5.75 Å². The van der Waals surface area contributed by atoms with Gasteiger partial charge in [0.15, 0.2) is 12.7 Å². The van der Waals surface area contributed by atoms with Crippen LogP contribution in [0, 0.1) is 0 Å². The summed E-state index contributed by atoms with van der Waals surface area (Å²) in [5, 5.41) is 2.62. The molecular weight excluding hydrogens is 320 g/mol. The van der Waals surface area contributed by atoms with E-state index in [-0.39, 0.29) is 19.6 Å². The second-order valence-electron chi connectivity index (χ2n) is 5.12. The molecule has 0 bridgehead atoms. The van der Waals surface area contributed by atoms with Crippen LogP contribution in [0.25, 0.3) is 0 Å². The van der Waals surface area contributed by atoms with Gasteiger partial charge in [-0.3, -0.25) is 14.4 Å². The van der Waals surface area contributed by atoms with Crippen molar-refractivity contribution in [1.82, 2.24) is 4.90 Å². The minimum atomic E-state index is -1.04. The lowest BCUT2D eigenvalue weighted by Gasteiger charge is -2.25. The molecule has 2 heterocycles. The van der Waals surface area contributed by atoms with E-state index in [1.807, 2.05) is 0 Å². The minimum absolute atomic E-state index is 0.119. The Hall–Kier alpha value is -3.10. The van der Waals surface area contributed by atoms with Gasteiger partial charge in [-0.2, -0.15) is 0 Å². The molecule has 1 atom stereocenters. The van der Waals surface area contributed by atoms with Gasteiger partial charge in [-0.05, 0) is 12.1 Å². The molecule has 3 amide bonds. The van der Waals surface area contributed by atoms with Crippen LogP contribution >= 0.6 is 0 Å². The number of nitrogens with one attached hydrogen (secondary N) is 1. The van der Waals surface area contributed by atoms with Crippen molar-refractivity contribution in [2.45, 2.75) is 12.5 Å². The highest BCUT2D eigenvalue weighted by Crippen LogP contribution is 2.29. The Balaban J connectivity index is 1.51. The van der Waals surface area contributed by atoms with E-state index in [0.717, 1.165) is 4.90 Å². The van der Waals surface area contributed by atoms with Gasteiger partial charge in [0.2, 0.25) is 0 Å². The second-order valence-corrected chi connectivity index (χ2v) is 5.12. The van der Waals surface area contributed by atoms with Crippen molar-refractivity contribution in [2.75, 3.05) is 25.1 Å². The first-order chi connectivity index (χ1) is 11.5. The molecule has 0 unspecified atom stereocenters. The molecule has 24 heavy (non-hydrogen) atoms. The minimum Gasteiger partial charge on any atom is -0.478 e. The van der Waals surface area contributed by atoms with E-state index < -0.39 is 36.6 Å². The molecule has 9 nitrogen and oxygen atoms in total. The summed E-state index contributed by atoms with van der Waals surface area (Å²) in [6.07, 6.45) is -2.15. The summed E-state index contributed by atoms with van der Waals surface area (Å²) < 4.78 is 14.9. The number of ether oxygens (including phenoxy) is 3. The molecule has 0 radical (unpaired) electrons. The van der Waals surface area contributed by atoms with Gasteiger partial charge in [-0.25, -0.2) is 9.69 Å². The third-order valence-corrected chi connectivity index (χ3v) is 3.48. The van der Waals surface area contributed by atoms with E-state index in [0.29, 0.717) is 11.4 Å². The van der Waals surface area contributed by atoms with Gasteiger partial charge >= 0.3 is 12.1 Å². The van der Waals surface area contributed by atoms with Crippen LogP contribution in [0.3, 0.4) is 0 Å². The van der Waals surface area contributed by atoms with Gasteiger partial charge in [0.05, 0.1) is 18.7 Å². The van der Waals surface area contributed by atoms with E-state index >= 15 is 0 Å². The van der Waals surface area contributed by atoms with Gasteiger partial charge in [-0.15, -0.1) is 0 Å². The summed E-state index contributed by atoms with van der Waals surface area (Å²) in [6.45, 7) is -0.354. The van der Waals surface area contributed by atoms with Crippen molar-refractivity contribution in [1.29, 1.82) is 0 Å².